The van der Waals surface area contributed by atoms with E-state index >= 15 is 0 Å². The van der Waals surface area contributed by atoms with Crippen molar-refractivity contribution in [3.05, 3.63) is 29.6 Å². The molecule has 23 heavy (non-hydrogen) atoms. The Bertz CT molecular complexity index is 735. The topological polar surface area (TPSA) is 86.9 Å². The zero-order chi connectivity index (χ0) is 16.4. The number of aromatic nitrogens is 2. The molecule has 0 spiro atoms. The Labute approximate surface area is 135 Å². The summed E-state index contributed by atoms with van der Waals surface area (Å²) < 4.78 is 0. The maximum atomic E-state index is 11.9. The van der Waals surface area contributed by atoms with Gasteiger partial charge in [-0.2, -0.15) is 0 Å². The third-order valence-corrected chi connectivity index (χ3v) is 4.14. The molecule has 1 aromatic heterocycles. The molecule has 2 aromatic rings. The molecular formula is C17H22N4O2. The van der Waals surface area contributed by atoms with Gasteiger partial charge >= 0.3 is 0 Å². The van der Waals surface area contributed by atoms with Crippen molar-refractivity contribution in [3.8, 4) is 0 Å². The number of amides is 2. The van der Waals surface area contributed by atoms with Crippen molar-refractivity contribution in [1.82, 2.24) is 20.6 Å². The monoisotopic (exact) mass is 314 g/mol. The summed E-state index contributed by atoms with van der Waals surface area (Å²) in [6.07, 6.45) is 1.77. The van der Waals surface area contributed by atoms with Crippen molar-refractivity contribution < 1.29 is 9.59 Å². The molecule has 6 heteroatoms. The second-order valence-corrected chi connectivity index (χ2v) is 6.33. The Morgan fingerprint density at radius 2 is 2.26 bits per heavy atom. The SMILES string of the molecule is CC(C)c1nc2ccc(CCNC(=O)C3CCC(=O)N3)cc2[nH]1. The number of H-pyrrole nitrogens is 1. The highest BCUT2D eigenvalue weighted by atomic mass is 16.2. The molecule has 6 nitrogen and oxygen atoms in total. The van der Waals surface area contributed by atoms with Crippen LogP contribution < -0.4 is 10.6 Å². The summed E-state index contributed by atoms with van der Waals surface area (Å²) in [7, 11) is 0. The molecule has 2 amide bonds. The fraction of sp³-hybridized carbons (Fsp3) is 0.471. The van der Waals surface area contributed by atoms with Gasteiger partial charge < -0.3 is 15.6 Å². The van der Waals surface area contributed by atoms with Crippen molar-refractivity contribution in [3.63, 3.8) is 0 Å². The van der Waals surface area contributed by atoms with Crippen LogP contribution in [-0.4, -0.2) is 34.4 Å². The summed E-state index contributed by atoms with van der Waals surface area (Å²) in [5, 5.41) is 5.56. The van der Waals surface area contributed by atoms with Crippen LogP contribution in [-0.2, 0) is 16.0 Å². The number of carbonyl (C=O) groups is 2. The lowest BCUT2D eigenvalue weighted by Crippen LogP contribution is -2.42. The smallest absolute Gasteiger partial charge is 0.242 e. The van der Waals surface area contributed by atoms with Crippen LogP contribution in [0.2, 0.25) is 0 Å². The van der Waals surface area contributed by atoms with E-state index in [0.717, 1.165) is 28.8 Å². The molecule has 1 saturated heterocycles. The highest BCUT2D eigenvalue weighted by Crippen LogP contribution is 2.18. The summed E-state index contributed by atoms with van der Waals surface area (Å²) in [6, 6.07) is 5.76. The molecular weight excluding hydrogens is 292 g/mol. The van der Waals surface area contributed by atoms with Crippen LogP contribution in [0, 0.1) is 0 Å². The number of fused-ring (bicyclic) bond motifs is 1. The number of nitrogens with zero attached hydrogens (tertiary/aromatic N) is 1. The van der Waals surface area contributed by atoms with Crippen LogP contribution in [0.15, 0.2) is 18.2 Å². The molecule has 0 aliphatic carbocycles. The number of benzene rings is 1. The maximum Gasteiger partial charge on any atom is 0.242 e. The Morgan fingerprint density at radius 1 is 1.43 bits per heavy atom. The Hall–Kier alpha value is -2.37. The maximum absolute atomic E-state index is 11.9. The predicted octanol–water partition coefficient (Wildman–Crippen LogP) is 1.62. The average molecular weight is 314 g/mol. The summed E-state index contributed by atoms with van der Waals surface area (Å²) in [5.41, 5.74) is 3.14. The first-order valence-corrected chi connectivity index (χ1v) is 8.08. The first kappa shape index (κ1) is 15.5. The lowest BCUT2D eigenvalue weighted by molar-refractivity contribution is -0.125. The van der Waals surface area contributed by atoms with E-state index in [-0.39, 0.29) is 17.9 Å². The molecule has 1 aliphatic heterocycles. The van der Waals surface area contributed by atoms with Crippen LogP contribution in [0.5, 0.6) is 0 Å². The summed E-state index contributed by atoms with van der Waals surface area (Å²) in [6.45, 7) is 4.77. The number of hydrogen-bond donors (Lipinski definition) is 3. The second-order valence-electron chi connectivity index (χ2n) is 6.33. The molecule has 122 valence electrons. The van der Waals surface area contributed by atoms with Gasteiger partial charge in [-0.15, -0.1) is 0 Å². The van der Waals surface area contributed by atoms with E-state index in [2.05, 4.69) is 40.5 Å². The quantitative estimate of drug-likeness (QED) is 0.784. The number of aromatic amines is 1. The minimum Gasteiger partial charge on any atom is -0.354 e. The standard InChI is InChI=1S/C17H22N4O2/c1-10(2)16-20-12-4-3-11(9-14(12)21-16)7-8-18-17(23)13-5-6-15(22)19-13/h3-4,9-10,13H,5-8H2,1-2H3,(H,18,23)(H,19,22)(H,20,21). The summed E-state index contributed by atoms with van der Waals surface area (Å²) in [4.78, 5) is 31.0. The van der Waals surface area contributed by atoms with E-state index in [1.807, 2.05) is 12.1 Å². The lowest BCUT2D eigenvalue weighted by atomic mass is 10.1. The minimum absolute atomic E-state index is 0.0456. The molecule has 3 rings (SSSR count). The molecule has 2 heterocycles. The number of carbonyl (C=O) groups excluding carboxylic acids is 2. The van der Waals surface area contributed by atoms with Crippen molar-refractivity contribution in [2.24, 2.45) is 0 Å². The Kier molecular flexibility index (Phi) is 4.32. The van der Waals surface area contributed by atoms with E-state index in [1.54, 1.807) is 0 Å². The van der Waals surface area contributed by atoms with Crippen molar-refractivity contribution in [2.75, 3.05) is 6.54 Å². The van der Waals surface area contributed by atoms with Crippen LogP contribution in [0.1, 0.15) is 44.0 Å². The van der Waals surface area contributed by atoms with Gasteiger partial charge in [-0.3, -0.25) is 9.59 Å². The lowest BCUT2D eigenvalue weighted by Gasteiger charge is -2.10. The molecule has 3 N–H and O–H groups in total. The van der Waals surface area contributed by atoms with Crippen molar-refractivity contribution >= 4 is 22.8 Å². The van der Waals surface area contributed by atoms with Gasteiger partial charge in [-0.1, -0.05) is 19.9 Å². The zero-order valence-electron chi connectivity index (χ0n) is 13.5. The van der Waals surface area contributed by atoms with Gasteiger partial charge in [0.25, 0.3) is 0 Å². The second kappa shape index (κ2) is 6.40. The summed E-state index contributed by atoms with van der Waals surface area (Å²) >= 11 is 0. The van der Waals surface area contributed by atoms with Gasteiger partial charge in [0.05, 0.1) is 11.0 Å². The molecule has 0 bridgehead atoms. The minimum atomic E-state index is -0.369. The normalized spacial score (nSPS) is 17.7. The van der Waals surface area contributed by atoms with E-state index in [9.17, 15) is 9.59 Å². The molecule has 1 atom stereocenters. The average Bonchev–Trinajstić information content (AvgIpc) is 3.12. The third kappa shape index (κ3) is 3.52. The number of rotatable bonds is 5. The van der Waals surface area contributed by atoms with Gasteiger partial charge in [0.1, 0.15) is 11.9 Å². The summed E-state index contributed by atoms with van der Waals surface area (Å²) in [5.74, 6) is 1.21. The highest BCUT2D eigenvalue weighted by molar-refractivity contribution is 5.90. The number of imidazole rings is 1. The molecule has 1 aliphatic rings. The fourth-order valence-corrected chi connectivity index (χ4v) is 2.77. The third-order valence-electron chi connectivity index (χ3n) is 4.14. The van der Waals surface area contributed by atoms with Crippen LogP contribution in [0.4, 0.5) is 0 Å². The van der Waals surface area contributed by atoms with Gasteiger partial charge in [-0.05, 0) is 30.5 Å². The largest absolute Gasteiger partial charge is 0.354 e. The molecule has 0 radical (unpaired) electrons. The first-order chi connectivity index (χ1) is 11.0. The van der Waals surface area contributed by atoms with Crippen LogP contribution in [0.3, 0.4) is 0 Å². The highest BCUT2D eigenvalue weighted by Gasteiger charge is 2.26. The fourth-order valence-electron chi connectivity index (χ4n) is 2.77. The van der Waals surface area contributed by atoms with Crippen LogP contribution in [0.25, 0.3) is 11.0 Å². The first-order valence-electron chi connectivity index (χ1n) is 8.08. The van der Waals surface area contributed by atoms with Gasteiger partial charge in [0.2, 0.25) is 11.8 Å². The zero-order valence-corrected chi connectivity index (χ0v) is 13.5. The number of hydrogen-bond acceptors (Lipinski definition) is 3. The molecule has 1 aromatic carbocycles. The molecule has 1 fully saturated rings. The van der Waals surface area contributed by atoms with E-state index in [0.29, 0.717) is 25.3 Å². The number of nitrogens with one attached hydrogen (secondary N) is 3. The Balaban J connectivity index is 1.56. The van der Waals surface area contributed by atoms with E-state index in [4.69, 9.17) is 0 Å². The van der Waals surface area contributed by atoms with Crippen molar-refractivity contribution in [1.29, 1.82) is 0 Å². The molecule has 1 unspecified atom stereocenters. The Morgan fingerprint density at radius 3 is 2.96 bits per heavy atom. The van der Waals surface area contributed by atoms with Gasteiger partial charge in [-0.25, -0.2) is 4.98 Å². The van der Waals surface area contributed by atoms with Crippen molar-refractivity contribution in [2.45, 2.75) is 45.1 Å². The van der Waals surface area contributed by atoms with E-state index < -0.39 is 0 Å². The van der Waals surface area contributed by atoms with Gasteiger partial charge in [0.15, 0.2) is 0 Å². The van der Waals surface area contributed by atoms with E-state index in [1.165, 1.54) is 0 Å². The molecule has 0 saturated carbocycles. The van der Waals surface area contributed by atoms with Crippen LogP contribution >= 0.6 is 0 Å². The predicted molar refractivity (Wildman–Crippen MR) is 88.1 cm³/mol. The van der Waals surface area contributed by atoms with Gasteiger partial charge in [0, 0.05) is 18.9 Å².